The van der Waals surface area contributed by atoms with Crippen LogP contribution in [0.2, 0.25) is 0 Å². The lowest BCUT2D eigenvalue weighted by Gasteiger charge is -2.16. The number of methoxy groups -OCH3 is 2. The zero-order chi connectivity index (χ0) is 42.1. The Bertz CT molecular complexity index is 2350. The highest BCUT2D eigenvalue weighted by atomic mass is 79.9. The van der Waals surface area contributed by atoms with Crippen LogP contribution in [0, 0.1) is 10.8 Å². The fourth-order valence-electron chi connectivity index (χ4n) is 5.24. The highest BCUT2D eigenvalue weighted by Crippen LogP contribution is 2.28. The van der Waals surface area contributed by atoms with E-state index in [1.807, 2.05) is 47.6 Å². The van der Waals surface area contributed by atoms with Gasteiger partial charge in [-0.25, -0.2) is 0 Å². The Hall–Kier alpha value is -5.50. The van der Waals surface area contributed by atoms with Crippen molar-refractivity contribution < 1.29 is 38.9 Å². The van der Waals surface area contributed by atoms with Crippen LogP contribution in [-0.4, -0.2) is 72.9 Å². The number of H-pyrrole nitrogens is 1. The van der Waals surface area contributed by atoms with E-state index in [1.54, 1.807) is 97.8 Å². The summed E-state index contributed by atoms with van der Waals surface area (Å²) >= 11 is 3.10. The van der Waals surface area contributed by atoms with Gasteiger partial charge in [0.05, 0.1) is 43.8 Å². The van der Waals surface area contributed by atoms with Gasteiger partial charge in [-0.05, 0) is 35.4 Å². The number of alkyl halides is 1. The van der Waals surface area contributed by atoms with Gasteiger partial charge in [-0.1, -0.05) is 106 Å². The minimum absolute atomic E-state index is 0.0195. The minimum atomic E-state index is -0.512. The van der Waals surface area contributed by atoms with Crippen molar-refractivity contribution in [3.63, 3.8) is 0 Å². The quantitative estimate of drug-likeness (QED) is 0.0868. The van der Waals surface area contributed by atoms with Crippen molar-refractivity contribution in [2.24, 2.45) is 10.8 Å². The standard InChI is InChI=1S/C22H24N2O4.C16H14N2O3.C6H11BrO/c1-22(2,3)19(26)12-24-18-11-16(28-4)9-10-17(18)20(23-24)21(27)15-7-5-14(13-25)6-8-15;1-21-12-6-7-13-14(8-12)17-18-15(13)16(20)11-4-2-10(9-19)3-5-11;1-6(2,3)5(8)4-7/h5-11,25H,12-13H2,1-4H3;2-8,19H,9H2,1H3,(H,17,18);4H2,1-3H3. The maximum atomic E-state index is 13.1. The summed E-state index contributed by atoms with van der Waals surface area (Å²) in [6, 6.07) is 24.3. The van der Waals surface area contributed by atoms with Crippen LogP contribution in [0.15, 0.2) is 84.9 Å². The number of benzene rings is 4. The number of rotatable bonds is 11. The second kappa shape index (κ2) is 19.1. The number of nitrogens with one attached hydrogen (secondary N) is 1. The molecule has 57 heavy (non-hydrogen) atoms. The average molecular weight is 842 g/mol. The smallest absolute Gasteiger partial charge is 0.213 e. The highest BCUT2D eigenvalue weighted by Gasteiger charge is 2.25. The number of halogens is 1. The van der Waals surface area contributed by atoms with Crippen LogP contribution < -0.4 is 9.47 Å². The predicted molar refractivity (Wildman–Crippen MR) is 223 cm³/mol. The van der Waals surface area contributed by atoms with Gasteiger partial charge in [-0.15, -0.1) is 0 Å². The van der Waals surface area contributed by atoms with E-state index in [0.717, 1.165) is 22.0 Å². The molecule has 0 aliphatic heterocycles. The summed E-state index contributed by atoms with van der Waals surface area (Å²) in [4.78, 5) is 48.9. The summed E-state index contributed by atoms with van der Waals surface area (Å²) in [5.74, 6) is 1.21. The molecule has 2 aromatic heterocycles. The molecular weight excluding hydrogens is 792 g/mol. The van der Waals surface area contributed by atoms with E-state index in [4.69, 9.17) is 14.6 Å². The van der Waals surface area contributed by atoms with E-state index in [0.29, 0.717) is 44.6 Å². The molecule has 0 spiro atoms. The molecule has 4 aromatic carbocycles. The highest BCUT2D eigenvalue weighted by molar-refractivity contribution is 9.09. The molecule has 12 nitrogen and oxygen atoms in total. The SMILES string of the molecule is CC(C)(C)C(=O)CBr.COc1ccc2c(C(=O)c3ccc(CO)cc3)n[nH]c2c1.COc1ccc2c(C(=O)c3ccc(CO)cc3)nn(CC(=O)C(C)(C)C)c2c1. The van der Waals surface area contributed by atoms with Crippen LogP contribution in [0.4, 0.5) is 0 Å². The number of hydrogen-bond acceptors (Lipinski definition) is 10. The number of aromatic amines is 1. The lowest BCUT2D eigenvalue weighted by atomic mass is 9.91. The normalized spacial score (nSPS) is 11.3. The molecule has 300 valence electrons. The fraction of sp³-hybridized carbons (Fsp3) is 0.318. The molecule has 0 unspecified atom stereocenters. The van der Waals surface area contributed by atoms with Crippen LogP contribution in [-0.2, 0) is 29.3 Å². The second-order valence-corrected chi connectivity index (χ2v) is 15.8. The van der Waals surface area contributed by atoms with Gasteiger partial charge < -0.3 is 19.7 Å². The number of ketones is 4. The Morgan fingerprint density at radius 1 is 0.667 bits per heavy atom. The molecule has 0 bridgehead atoms. The number of hydrogen-bond donors (Lipinski definition) is 3. The molecule has 6 rings (SSSR count). The number of aromatic nitrogens is 4. The molecule has 0 fully saturated rings. The molecule has 0 atom stereocenters. The monoisotopic (exact) mass is 840 g/mol. The number of aliphatic hydroxyl groups excluding tert-OH is 2. The third kappa shape index (κ3) is 11.1. The van der Waals surface area contributed by atoms with Crippen molar-refractivity contribution in [2.75, 3.05) is 19.5 Å². The van der Waals surface area contributed by atoms with Crippen molar-refractivity contribution in [3.05, 3.63) is 119 Å². The lowest BCUT2D eigenvalue weighted by Crippen LogP contribution is -2.25. The Kier molecular flexibility index (Phi) is 14.8. The fourth-order valence-corrected chi connectivity index (χ4v) is 6.08. The van der Waals surface area contributed by atoms with Gasteiger partial charge in [0, 0.05) is 44.9 Å². The Morgan fingerprint density at radius 3 is 1.58 bits per heavy atom. The predicted octanol–water partition coefficient (Wildman–Crippen LogP) is 7.67. The first-order valence-corrected chi connectivity index (χ1v) is 19.3. The number of Topliss-reactive ketones (excluding diaryl/α,β-unsaturated/α-hetero) is 2. The summed E-state index contributed by atoms with van der Waals surface area (Å²) in [5, 5.41) is 31.5. The first kappa shape index (κ1) is 44.2. The van der Waals surface area contributed by atoms with Crippen molar-refractivity contribution in [3.8, 4) is 11.5 Å². The largest absolute Gasteiger partial charge is 0.497 e. The van der Waals surface area contributed by atoms with Gasteiger partial charge >= 0.3 is 0 Å². The Morgan fingerprint density at radius 2 is 1.14 bits per heavy atom. The van der Waals surface area contributed by atoms with Gasteiger partial charge in [0.2, 0.25) is 11.6 Å². The molecule has 2 heterocycles. The van der Waals surface area contributed by atoms with Crippen molar-refractivity contribution in [1.29, 1.82) is 0 Å². The number of carbonyl (C=O) groups is 4. The topological polar surface area (TPSA) is 174 Å². The van der Waals surface area contributed by atoms with Crippen LogP contribution in [0.25, 0.3) is 21.8 Å². The Labute approximate surface area is 340 Å². The first-order chi connectivity index (χ1) is 26.9. The molecule has 0 aliphatic carbocycles. The van der Waals surface area contributed by atoms with Gasteiger partial charge in [-0.2, -0.15) is 10.2 Å². The molecular formula is C44H49BrN4O8. The van der Waals surface area contributed by atoms with E-state index in [2.05, 4.69) is 31.2 Å². The molecule has 0 saturated heterocycles. The zero-order valence-corrected chi connectivity index (χ0v) is 35.1. The molecule has 0 saturated carbocycles. The van der Waals surface area contributed by atoms with Crippen molar-refractivity contribution >= 4 is 60.9 Å². The zero-order valence-electron chi connectivity index (χ0n) is 33.5. The summed E-state index contributed by atoms with van der Waals surface area (Å²) < 4.78 is 12.0. The number of aliphatic hydroxyl groups is 2. The molecule has 0 aliphatic rings. The van der Waals surface area contributed by atoms with Gasteiger partial charge in [0.25, 0.3) is 0 Å². The number of carbonyl (C=O) groups excluding carboxylic acids is 4. The third-order valence-corrected chi connectivity index (χ3v) is 9.55. The van der Waals surface area contributed by atoms with E-state index in [1.165, 1.54) is 0 Å². The summed E-state index contributed by atoms with van der Waals surface area (Å²) in [5.41, 5.74) is 3.91. The van der Waals surface area contributed by atoms with E-state index in [-0.39, 0.29) is 54.0 Å². The lowest BCUT2D eigenvalue weighted by molar-refractivity contribution is -0.127. The third-order valence-electron chi connectivity index (χ3n) is 9.04. The minimum Gasteiger partial charge on any atom is -0.497 e. The van der Waals surface area contributed by atoms with Gasteiger partial charge in [0.1, 0.15) is 35.2 Å². The van der Waals surface area contributed by atoms with Crippen LogP contribution in [0.1, 0.15) is 84.8 Å². The molecule has 3 N–H and O–H groups in total. The average Bonchev–Trinajstić information content (AvgIpc) is 3.80. The van der Waals surface area contributed by atoms with Gasteiger partial charge in [0.15, 0.2) is 5.78 Å². The number of nitrogens with zero attached hydrogens (tertiary/aromatic N) is 3. The van der Waals surface area contributed by atoms with Crippen LogP contribution in [0.5, 0.6) is 11.5 Å². The maximum Gasteiger partial charge on any atom is 0.213 e. The van der Waals surface area contributed by atoms with Crippen molar-refractivity contribution in [2.45, 2.75) is 61.3 Å². The maximum absolute atomic E-state index is 13.1. The molecule has 0 radical (unpaired) electrons. The second-order valence-electron chi connectivity index (χ2n) is 15.2. The Balaban J connectivity index is 0.000000218. The van der Waals surface area contributed by atoms with E-state index >= 15 is 0 Å². The molecule has 13 heteroatoms. The summed E-state index contributed by atoms with van der Waals surface area (Å²) in [7, 11) is 3.16. The molecule has 6 aromatic rings. The van der Waals surface area contributed by atoms with Crippen LogP contribution in [0.3, 0.4) is 0 Å². The summed E-state index contributed by atoms with van der Waals surface area (Å²) in [6.45, 7) is 11.3. The van der Waals surface area contributed by atoms with Gasteiger partial charge in [-0.3, -0.25) is 29.0 Å². The number of fused-ring (bicyclic) bond motifs is 2. The first-order valence-electron chi connectivity index (χ1n) is 18.1. The van der Waals surface area contributed by atoms with E-state index in [9.17, 15) is 24.3 Å². The number of ether oxygens (including phenoxy) is 2. The van der Waals surface area contributed by atoms with Crippen molar-refractivity contribution in [1.82, 2.24) is 20.0 Å². The van der Waals surface area contributed by atoms with Crippen LogP contribution >= 0.6 is 15.9 Å². The molecule has 0 amide bonds. The summed E-state index contributed by atoms with van der Waals surface area (Å²) in [6.07, 6.45) is 0. The van der Waals surface area contributed by atoms with E-state index < -0.39 is 5.41 Å².